The maximum atomic E-state index is 5.98. The molecule has 0 heterocycles. The molecular formula is C14H14BrNOS. The van der Waals surface area contributed by atoms with Crippen LogP contribution in [-0.2, 0) is 0 Å². The number of anilines is 1. The van der Waals surface area contributed by atoms with Gasteiger partial charge in [-0.25, -0.2) is 0 Å². The van der Waals surface area contributed by atoms with E-state index in [1.54, 1.807) is 0 Å². The van der Waals surface area contributed by atoms with Gasteiger partial charge in [-0.1, -0.05) is 33.6 Å². The molecule has 0 aliphatic heterocycles. The molecule has 0 saturated heterocycles. The van der Waals surface area contributed by atoms with E-state index in [1.807, 2.05) is 31.2 Å². The van der Waals surface area contributed by atoms with Crippen LogP contribution in [0.25, 0.3) is 0 Å². The summed E-state index contributed by atoms with van der Waals surface area (Å²) in [4.78, 5) is 1.05. The third-order valence-electron chi connectivity index (χ3n) is 2.56. The van der Waals surface area contributed by atoms with Crippen LogP contribution in [0, 0.1) is 13.8 Å². The first-order valence-corrected chi connectivity index (χ1v) is 7.06. The highest BCUT2D eigenvalue weighted by Crippen LogP contribution is 2.33. The van der Waals surface area contributed by atoms with Gasteiger partial charge >= 0.3 is 0 Å². The summed E-state index contributed by atoms with van der Waals surface area (Å²) in [5.41, 5.74) is 8.90. The molecule has 0 aliphatic carbocycles. The Morgan fingerprint density at radius 1 is 1.11 bits per heavy atom. The van der Waals surface area contributed by atoms with Crippen molar-refractivity contribution in [3.8, 4) is 5.75 Å². The first-order valence-electron chi connectivity index (χ1n) is 5.53. The highest BCUT2D eigenvalue weighted by atomic mass is 79.9. The molecular weight excluding hydrogens is 310 g/mol. The van der Waals surface area contributed by atoms with Gasteiger partial charge in [0.15, 0.2) is 5.75 Å². The van der Waals surface area contributed by atoms with Crippen molar-refractivity contribution in [2.75, 3.05) is 5.73 Å². The summed E-state index contributed by atoms with van der Waals surface area (Å²) in [5.74, 6) is 0.687. The molecule has 0 aliphatic rings. The van der Waals surface area contributed by atoms with Crippen molar-refractivity contribution in [2.45, 2.75) is 18.7 Å². The average molecular weight is 324 g/mol. The lowest BCUT2D eigenvalue weighted by Gasteiger charge is -2.10. The Morgan fingerprint density at radius 2 is 1.78 bits per heavy atom. The molecule has 0 fully saturated rings. The highest BCUT2D eigenvalue weighted by molar-refractivity contribution is 9.10. The minimum atomic E-state index is 0.679. The van der Waals surface area contributed by atoms with E-state index in [2.05, 4.69) is 35.0 Å². The van der Waals surface area contributed by atoms with Crippen LogP contribution in [0.2, 0.25) is 0 Å². The summed E-state index contributed by atoms with van der Waals surface area (Å²) in [5, 5.41) is 0. The fourth-order valence-electron chi connectivity index (χ4n) is 1.48. The van der Waals surface area contributed by atoms with E-state index in [1.165, 1.54) is 17.6 Å². The molecule has 0 spiro atoms. The zero-order valence-corrected chi connectivity index (χ0v) is 12.6. The molecule has 2 rings (SSSR count). The molecule has 0 radical (unpaired) electrons. The van der Waals surface area contributed by atoms with Crippen molar-refractivity contribution >= 4 is 33.7 Å². The van der Waals surface area contributed by atoms with Crippen LogP contribution < -0.4 is 9.92 Å². The molecule has 4 heteroatoms. The van der Waals surface area contributed by atoms with Gasteiger partial charge in [0.1, 0.15) is 0 Å². The Bertz CT molecular complexity index is 554. The van der Waals surface area contributed by atoms with Crippen LogP contribution in [0.15, 0.2) is 45.8 Å². The van der Waals surface area contributed by atoms with Crippen LogP contribution in [0.4, 0.5) is 5.69 Å². The number of benzene rings is 2. The summed E-state index contributed by atoms with van der Waals surface area (Å²) in [7, 11) is 0. The molecule has 18 heavy (non-hydrogen) atoms. The standard InChI is InChI=1S/C14H14BrNOS/c1-9-3-5-12(6-4-9)18-17-13-8-11(15)7-10(2)14(13)16/h3-8H,16H2,1-2H3. The molecule has 0 atom stereocenters. The van der Waals surface area contributed by atoms with E-state index in [0.717, 1.165) is 14.9 Å². The second-order valence-corrected chi connectivity index (χ2v) is 5.83. The zero-order chi connectivity index (χ0) is 13.1. The predicted molar refractivity (Wildman–Crippen MR) is 81.0 cm³/mol. The molecule has 0 amide bonds. The van der Waals surface area contributed by atoms with Gasteiger partial charge in [-0.3, -0.25) is 0 Å². The van der Waals surface area contributed by atoms with E-state index >= 15 is 0 Å². The minimum absolute atomic E-state index is 0.679. The molecule has 0 aromatic heterocycles. The number of hydrogen-bond donors (Lipinski definition) is 1. The Morgan fingerprint density at radius 3 is 2.44 bits per heavy atom. The van der Waals surface area contributed by atoms with E-state index in [0.29, 0.717) is 11.4 Å². The topological polar surface area (TPSA) is 35.2 Å². The number of nitrogen functional groups attached to an aromatic ring is 1. The van der Waals surface area contributed by atoms with Crippen molar-refractivity contribution in [1.82, 2.24) is 0 Å². The lowest BCUT2D eigenvalue weighted by Crippen LogP contribution is -1.94. The molecule has 0 unspecified atom stereocenters. The Kier molecular flexibility index (Phi) is 4.19. The SMILES string of the molecule is Cc1ccc(SOc2cc(Br)cc(C)c2N)cc1. The van der Waals surface area contributed by atoms with E-state index in [9.17, 15) is 0 Å². The largest absolute Gasteiger partial charge is 0.418 e. The Labute approximate surface area is 120 Å². The Hall–Kier alpha value is -1.13. The monoisotopic (exact) mass is 323 g/mol. The van der Waals surface area contributed by atoms with Crippen LogP contribution in [0.5, 0.6) is 5.75 Å². The van der Waals surface area contributed by atoms with Gasteiger partial charge in [0.05, 0.1) is 17.7 Å². The smallest absolute Gasteiger partial charge is 0.162 e. The fraction of sp³-hybridized carbons (Fsp3) is 0.143. The molecule has 2 aromatic rings. The van der Waals surface area contributed by atoms with Gasteiger partial charge in [0.2, 0.25) is 0 Å². The number of hydrogen-bond acceptors (Lipinski definition) is 3. The van der Waals surface area contributed by atoms with Gasteiger partial charge in [-0.15, -0.1) is 0 Å². The maximum Gasteiger partial charge on any atom is 0.162 e. The second kappa shape index (κ2) is 5.67. The summed E-state index contributed by atoms with van der Waals surface area (Å²) >= 11 is 4.75. The van der Waals surface area contributed by atoms with Crippen molar-refractivity contribution in [3.05, 3.63) is 52.0 Å². The molecule has 2 N–H and O–H groups in total. The first-order chi connectivity index (χ1) is 8.56. The average Bonchev–Trinajstić information content (AvgIpc) is 2.34. The van der Waals surface area contributed by atoms with E-state index in [4.69, 9.17) is 9.92 Å². The van der Waals surface area contributed by atoms with Gasteiger partial charge in [-0.05, 0) is 43.7 Å². The van der Waals surface area contributed by atoms with Crippen molar-refractivity contribution < 1.29 is 4.18 Å². The third kappa shape index (κ3) is 3.21. The first kappa shape index (κ1) is 13.3. The van der Waals surface area contributed by atoms with Gasteiger partial charge < -0.3 is 9.92 Å². The molecule has 0 saturated carbocycles. The second-order valence-electron chi connectivity index (χ2n) is 4.11. The number of aryl methyl sites for hydroxylation is 2. The van der Waals surface area contributed by atoms with Crippen molar-refractivity contribution in [2.24, 2.45) is 0 Å². The minimum Gasteiger partial charge on any atom is -0.418 e. The van der Waals surface area contributed by atoms with Crippen LogP contribution >= 0.6 is 28.0 Å². The number of halogens is 1. The fourth-order valence-corrected chi connectivity index (χ4v) is 2.60. The van der Waals surface area contributed by atoms with Gasteiger partial charge in [-0.2, -0.15) is 0 Å². The quantitative estimate of drug-likeness (QED) is 0.654. The normalized spacial score (nSPS) is 10.4. The molecule has 0 bridgehead atoms. The molecule has 94 valence electrons. The van der Waals surface area contributed by atoms with Crippen molar-refractivity contribution in [3.63, 3.8) is 0 Å². The third-order valence-corrected chi connectivity index (χ3v) is 3.75. The maximum absolute atomic E-state index is 5.98. The molecule has 2 aromatic carbocycles. The van der Waals surface area contributed by atoms with Crippen LogP contribution in [0.3, 0.4) is 0 Å². The van der Waals surface area contributed by atoms with Crippen LogP contribution in [0.1, 0.15) is 11.1 Å². The van der Waals surface area contributed by atoms with Crippen LogP contribution in [-0.4, -0.2) is 0 Å². The van der Waals surface area contributed by atoms with E-state index in [-0.39, 0.29) is 0 Å². The summed E-state index contributed by atoms with van der Waals surface area (Å²) in [6.45, 7) is 4.02. The lowest BCUT2D eigenvalue weighted by molar-refractivity contribution is 0.648. The summed E-state index contributed by atoms with van der Waals surface area (Å²) in [6, 6.07) is 12.0. The highest BCUT2D eigenvalue weighted by Gasteiger charge is 2.06. The predicted octanol–water partition coefficient (Wildman–Crippen LogP) is 4.73. The van der Waals surface area contributed by atoms with Crippen molar-refractivity contribution in [1.29, 1.82) is 0 Å². The zero-order valence-electron chi connectivity index (χ0n) is 10.2. The van der Waals surface area contributed by atoms with Gasteiger partial charge in [0.25, 0.3) is 0 Å². The summed E-state index contributed by atoms with van der Waals surface area (Å²) < 4.78 is 6.65. The number of rotatable bonds is 3. The van der Waals surface area contributed by atoms with Gasteiger partial charge in [0, 0.05) is 9.37 Å². The lowest BCUT2D eigenvalue weighted by atomic mass is 10.2. The molecule has 2 nitrogen and oxygen atoms in total. The number of nitrogens with two attached hydrogens (primary N) is 1. The summed E-state index contributed by atoms with van der Waals surface area (Å²) in [6.07, 6.45) is 0. The van der Waals surface area contributed by atoms with E-state index < -0.39 is 0 Å². The Balaban J connectivity index is 2.13.